The molecule has 0 aliphatic carbocycles. The largest absolute Gasteiger partial charge is 0.352 e. The molecule has 0 aliphatic heterocycles. The van der Waals surface area contributed by atoms with Crippen LogP contribution in [0.2, 0.25) is 10.0 Å². The average molecular weight is 325 g/mol. The van der Waals surface area contributed by atoms with Gasteiger partial charge in [0.1, 0.15) is 0 Å². The van der Waals surface area contributed by atoms with Crippen LogP contribution in [0.1, 0.15) is 21.6 Å². The quantitative estimate of drug-likeness (QED) is 0.908. The number of H-pyrrole nitrogens is 1. The highest BCUT2D eigenvalue weighted by Gasteiger charge is 2.07. The van der Waals surface area contributed by atoms with E-state index < -0.39 is 0 Å². The molecule has 2 N–H and O–H groups in total. The fourth-order valence-electron chi connectivity index (χ4n) is 1.95. The van der Waals surface area contributed by atoms with E-state index in [2.05, 4.69) is 10.3 Å². The van der Waals surface area contributed by atoms with Crippen molar-refractivity contribution in [3.8, 4) is 0 Å². The molecular formula is C15H14Cl2N2O2. The Balaban J connectivity index is 1.96. The smallest absolute Gasteiger partial charge is 0.251 e. The van der Waals surface area contributed by atoms with Crippen molar-refractivity contribution in [3.05, 3.63) is 67.6 Å². The van der Waals surface area contributed by atoms with Crippen molar-refractivity contribution in [2.75, 3.05) is 6.54 Å². The molecule has 110 valence electrons. The maximum atomic E-state index is 12.0. The second-order valence-corrected chi connectivity index (χ2v) is 5.50. The van der Waals surface area contributed by atoms with Crippen molar-refractivity contribution in [2.24, 2.45) is 0 Å². The molecule has 0 aliphatic rings. The number of benzene rings is 1. The van der Waals surface area contributed by atoms with Crippen molar-refractivity contribution in [1.82, 2.24) is 10.3 Å². The van der Waals surface area contributed by atoms with Gasteiger partial charge in [0.15, 0.2) is 0 Å². The van der Waals surface area contributed by atoms with E-state index >= 15 is 0 Å². The number of hydrogen-bond acceptors (Lipinski definition) is 2. The summed E-state index contributed by atoms with van der Waals surface area (Å²) in [5, 5.41) is 3.91. The minimum absolute atomic E-state index is 0.283. The molecule has 21 heavy (non-hydrogen) atoms. The maximum Gasteiger partial charge on any atom is 0.251 e. The first kappa shape index (κ1) is 15.6. The highest BCUT2D eigenvalue weighted by atomic mass is 35.5. The molecule has 4 nitrogen and oxygen atoms in total. The van der Waals surface area contributed by atoms with Crippen LogP contribution in [0.25, 0.3) is 0 Å². The van der Waals surface area contributed by atoms with Crippen molar-refractivity contribution in [2.45, 2.75) is 13.3 Å². The predicted octanol–water partition coefficient (Wildman–Crippen LogP) is 2.96. The minimum atomic E-state index is -0.291. The van der Waals surface area contributed by atoms with Crippen molar-refractivity contribution in [3.63, 3.8) is 0 Å². The molecule has 1 heterocycles. The third-order valence-electron chi connectivity index (χ3n) is 2.94. The van der Waals surface area contributed by atoms with Crippen LogP contribution in [0.15, 0.2) is 35.1 Å². The molecule has 6 heteroatoms. The van der Waals surface area contributed by atoms with Crippen molar-refractivity contribution < 1.29 is 4.79 Å². The van der Waals surface area contributed by atoms with Crippen LogP contribution in [0.3, 0.4) is 0 Å². The third-order valence-corrected chi connectivity index (χ3v) is 3.52. The van der Waals surface area contributed by atoms with Gasteiger partial charge in [-0.2, -0.15) is 0 Å². The average Bonchev–Trinajstić information content (AvgIpc) is 2.40. The Morgan fingerprint density at radius 3 is 2.67 bits per heavy atom. The zero-order chi connectivity index (χ0) is 15.4. The monoisotopic (exact) mass is 324 g/mol. The zero-order valence-electron chi connectivity index (χ0n) is 11.4. The standard InChI is InChI=1S/C15H14Cl2N2O2/c1-9-6-11(7-14(20)19-9)15(21)18-5-4-10-2-3-12(16)8-13(10)17/h2-3,6-8H,4-5H2,1H3,(H,18,21)(H,19,20). The lowest BCUT2D eigenvalue weighted by atomic mass is 10.1. The van der Waals surface area contributed by atoms with Gasteiger partial charge in [0.2, 0.25) is 5.56 Å². The summed E-state index contributed by atoms with van der Waals surface area (Å²) < 4.78 is 0. The Kier molecular flexibility index (Phi) is 5.04. The summed E-state index contributed by atoms with van der Waals surface area (Å²) in [4.78, 5) is 25.9. The molecule has 0 saturated carbocycles. The molecular weight excluding hydrogens is 311 g/mol. The summed E-state index contributed by atoms with van der Waals surface area (Å²) in [6.45, 7) is 2.15. The van der Waals surface area contributed by atoms with Crippen molar-refractivity contribution in [1.29, 1.82) is 0 Å². The Labute approximate surface area is 132 Å². The van der Waals surface area contributed by atoms with Crippen LogP contribution >= 0.6 is 23.2 Å². The SMILES string of the molecule is Cc1cc(C(=O)NCCc2ccc(Cl)cc2Cl)cc(=O)[nH]1. The summed E-state index contributed by atoms with van der Waals surface area (Å²) in [5.41, 5.74) is 1.61. The van der Waals surface area contributed by atoms with Crippen LogP contribution in [0.4, 0.5) is 0 Å². The van der Waals surface area contributed by atoms with Crippen LogP contribution in [0, 0.1) is 6.92 Å². The molecule has 0 unspecified atom stereocenters. The molecule has 0 atom stereocenters. The number of aromatic nitrogens is 1. The highest BCUT2D eigenvalue weighted by molar-refractivity contribution is 6.35. The molecule has 2 rings (SSSR count). The molecule has 1 aromatic carbocycles. The molecule has 0 radical (unpaired) electrons. The van der Waals surface area contributed by atoms with Gasteiger partial charge < -0.3 is 10.3 Å². The van der Waals surface area contributed by atoms with Crippen molar-refractivity contribution >= 4 is 29.1 Å². The lowest BCUT2D eigenvalue weighted by Crippen LogP contribution is -2.27. The van der Waals surface area contributed by atoms with Gasteiger partial charge in [-0.25, -0.2) is 0 Å². The number of carbonyl (C=O) groups is 1. The number of amides is 1. The molecule has 1 aromatic heterocycles. The number of aryl methyl sites for hydroxylation is 1. The van der Waals surface area contributed by atoms with Gasteiger partial charge in [0, 0.05) is 33.9 Å². The topological polar surface area (TPSA) is 62.0 Å². The summed E-state index contributed by atoms with van der Waals surface area (Å²) in [5.74, 6) is -0.283. The van der Waals surface area contributed by atoms with E-state index in [9.17, 15) is 9.59 Å². The summed E-state index contributed by atoms with van der Waals surface area (Å²) >= 11 is 11.9. The number of rotatable bonds is 4. The number of nitrogens with one attached hydrogen (secondary N) is 2. The van der Waals surface area contributed by atoms with Gasteiger partial charge in [0.05, 0.1) is 0 Å². The lowest BCUT2D eigenvalue weighted by Gasteiger charge is -2.07. The second kappa shape index (κ2) is 6.78. The number of carbonyl (C=O) groups excluding carboxylic acids is 1. The number of halogens is 2. The Morgan fingerprint density at radius 1 is 1.24 bits per heavy atom. The van der Waals surface area contributed by atoms with E-state index in [1.807, 2.05) is 6.07 Å². The number of hydrogen-bond donors (Lipinski definition) is 2. The number of aromatic amines is 1. The van der Waals surface area contributed by atoms with E-state index in [4.69, 9.17) is 23.2 Å². The van der Waals surface area contributed by atoms with Gasteiger partial charge in [-0.05, 0) is 37.1 Å². The number of pyridine rings is 1. The summed E-state index contributed by atoms with van der Waals surface area (Å²) in [7, 11) is 0. The van der Waals surface area contributed by atoms with Gasteiger partial charge in [-0.3, -0.25) is 9.59 Å². The van der Waals surface area contributed by atoms with E-state index in [-0.39, 0.29) is 11.5 Å². The van der Waals surface area contributed by atoms with Crippen LogP contribution in [0.5, 0.6) is 0 Å². The van der Waals surface area contributed by atoms with Crippen LogP contribution in [-0.4, -0.2) is 17.4 Å². The molecule has 1 amide bonds. The Morgan fingerprint density at radius 2 is 2.00 bits per heavy atom. The Bertz CT molecular complexity index is 726. The summed E-state index contributed by atoms with van der Waals surface area (Å²) in [6.07, 6.45) is 0.587. The molecule has 0 bridgehead atoms. The van der Waals surface area contributed by atoms with Crippen LogP contribution < -0.4 is 10.9 Å². The second-order valence-electron chi connectivity index (χ2n) is 4.66. The third kappa shape index (κ3) is 4.34. The Hall–Kier alpha value is -1.78. The lowest BCUT2D eigenvalue weighted by molar-refractivity contribution is 0.0954. The minimum Gasteiger partial charge on any atom is -0.352 e. The van der Waals surface area contributed by atoms with Gasteiger partial charge in [0.25, 0.3) is 5.91 Å². The van der Waals surface area contributed by atoms with E-state index in [1.54, 1.807) is 25.1 Å². The highest BCUT2D eigenvalue weighted by Crippen LogP contribution is 2.21. The fourth-order valence-corrected chi connectivity index (χ4v) is 2.45. The molecule has 0 spiro atoms. The molecule has 0 saturated heterocycles. The first-order chi connectivity index (χ1) is 9.95. The molecule has 2 aromatic rings. The van der Waals surface area contributed by atoms with Crippen LogP contribution in [-0.2, 0) is 6.42 Å². The first-order valence-corrected chi connectivity index (χ1v) is 7.14. The van der Waals surface area contributed by atoms with Gasteiger partial charge in [-0.15, -0.1) is 0 Å². The van der Waals surface area contributed by atoms with E-state index in [0.29, 0.717) is 34.3 Å². The molecule has 0 fully saturated rings. The van der Waals surface area contributed by atoms with E-state index in [1.165, 1.54) is 6.07 Å². The van der Waals surface area contributed by atoms with Gasteiger partial charge in [-0.1, -0.05) is 29.3 Å². The maximum absolute atomic E-state index is 12.0. The zero-order valence-corrected chi connectivity index (χ0v) is 12.9. The van der Waals surface area contributed by atoms with Gasteiger partial charge >= 0.3 is 0 Å². The predicted molar refractivity (Wildman–Crippen MR) is 84.3 cm³/mol. The normalized spacial score (nSPS) is 10.4. The van der Waals surface area contributed by atoms with E-state index in [0.717, 1.165) is 5.56 Å². The summed E-state index contributed by atoms with van der Waals surface area (Å²) in [6, 6.07) is 8.16. The first-order valence-electron chi connectivity index (χ1n) is 6.39. The fraction of sp³-hybridized carbons (Fsp3) is 0.200.